The molecule has 0 atom stereocenters. The monoisotopic (exact) mass is 417 g/mol. The zero-order valence-corrected chi connectivity index (χ0v) is 16.7. The van der Waals surface area contributed by atoms with Gasteiger partial charge in [-0.25, -0.2) is 9.97 Å². The largest absolute Gasteiger partial charge is 0.497 e. The highest BCUT2D eigenvalue weighted by molar-refractivity contribution is 5.94. The summed E-state index contributed by atoms with van der Waals surface area (Å²) in [4.78, 5) is 31.9. The Labute approximate surface area is 177 Å². The number of carbonyl (C=O) groups excluding carboxylic acids is 1. The summed E-state index contributed by atoms with van der Waals surface area (Å²) in [7, 11) is 1.62. The SMILES string of the molecule is COc1cccc(Cn2c(CNC(=O)c3ccc([N+](=O)[O-])cc3)nc3cccnc32)c1. The van der Waals surface area contributed by atoms with Gasteiger partial charge in [0.25, 0.3) is 11.6 Å². The lowest BCUT2D eigenvalue weighted by molar-refractivity contribution is -0.384. The highest BCUT2D eigenvalue weighted by Crippen LogP contribution is 2.19. The Balaban J connectivity index is 1.57. The minimum absolute atomic E-state index is 0.0669. The molecular formula is C22H19N5O4. The van der Waals surface area contributed by atoms with E-state index in [4.69, 9.17) is 4.74 Å². The fourth-order valence-electron chi connectivity index (χ4n) is 3.26. The molecule has 156 valence electrons. The first-order valence-corrected chi connectivity index (χ1v) is 9.51. The molecule has 4 aromatic rings. The van der Waals surface area contributed by atoms with Gasteiger partial charge in [0.2, 0.25) is 0 Å². The first kappa shape index (κ1) is 20.0. The fourth-order valence-corrected chi connectivity index (χ4v) is 3.26. The Morgan fingerprint density at radius 1 is 1.16 bits per heavy atom. The van der Waals surface area contributed by atoms with Crippen molar-refractivity contribution in [3.05, 3.63) is 93.9 Å². The van der Waals surface area contributed by atoms with Crippen LogP contribution in [-0.2, 0) is 13.1 Å². The van der Waals surface area contributed by atoms with E-state index in [2.05, 4.69) is 15.3 Å². The van der Waals surface area contributed by atoms with Gasteiger partial charge in [0.1, 0.15) is 17.1 Å². The van der Waals surface area contributed by atoms with Crippen LogP contribution < -0.4 is 10.1 Å². The number of carbonyl (C=O) groups is 1. The molecule has 0 radical (unpaired) electrons. The predicted octanol–water partition coefficient (Wildman–Crippen LogP) is 3.33. The van der Waals surface area contributed by atoms with Crippen LogP contribution in [-0.4, -0.2) is 32.5 Å². The average Bonchev–Trinajstić information content (AvgIpc) is 3.15. The van der Waals surface area contributed by atoms with E-state index >= 15 is 0 Å². The molecule has 0 unspecified atom stereocenters. The number of rotatable bonds is 7. The van der Waals surface area contributed by atoms with Gasteiger partial charge in [0.05, 0.1) is 25.1 Å². The van der Waals surface area contributed by atoms with Crippen molar-refractivity contribution >= 4 is 22.8 Å². The first-order valence-electron chi connectivity index (χ1n) is 9.51. The summed E-state index contributed by atoms with van der Waals surface area (Å²) in [6.07, 6.45) is 1.70. The summed E-state index contributed by atoms with van der Waals surface area (Å²) in [5, 5.41) is 13.6. The molecular weight excluding hydrogens is 398 g/mol. The highest BCUT2D eigenvalue weighted by atomic mass is 16.6. The van der Waals surface area contributed by atoms with E-state index in [1.807, 2.05) is 41.0 Å². The number of benzene rings is 2. The Morgan fingerprint density at radius 2 is 1.97 bits per heavy atom. The zero-order valence-electron chi connectivity index (χ0n) is 16.7. The number of imidazole rings is 1. The molecule has 0 bridgehead atoms. The summed E-state index contributed by atoms with van der Waals surface area (Å²) in [6, 6.07) is 16.8. The van der Waals surface area contributed by atoms with Gasteiger partial charge in [-0.2, -0.15) is 0 Å². The standard InChI is InChI=1S/C22H19N5O4/c1-31-18-5-2-4-15(12-18)14-26-20(25-19-6-3-11-23-21(19)26)13-24-22(28)16-7-9-17(10-8-16)27(29)30/h2-12H,13-14H2,1H3,(H,24,28). The summed E-state index contributed by atoms with van der Waals surface area (Å²) >= 11 is 0. The molecule has 0 aliphatic carbocycles. The molecule has 4 rings (SSSR count). The van der Waals surface area contributed by atoms with Gasteiger partial charge in [-0.1, -0.05) is 12.1 Å². The lowest BCUT2D eigenvalue weighted by Crippen LogP contribution is -2.25. The van der Waals surface area contributed by atoms with Crippen molar-refractivity contribution in [2.45, 2.75) is 13.1 Å². The highest BCUT2D eigenvalue weighted by Gasteiger charge is 2.15. The van der Waals surface area contributed by atoms with Gasteiger partial charge in [-0.05, 0) is 42.0 Å². The number of nitro groups is 1. The molecule has 0 fully saturated rings. The average molecular weight is 417 g/mol. The Morgan fingerprint density at radius 3 is 2.71 bits per heavy atom. The maximum absolute atomic E-state index is 12.5. The molecule has 0 spiro atoms. The first-order chi connectivity index (χ1) is 15.0. The third-order valence-corrected chi connectivity index (χ3v) is 4.81. The van der Waals surface area contributed by atoms with Crippen LogP contribution in [0, 0.1) is 10.1 Å². The quantitative estimate of drug-likeness (QED) is 0.365. The van der Waals surface area contributed by atoms with Crippen molar-refractivity contribution < 1.29 is 14.5 Å². The van der Waals surface area contributed by atoms with Gasteiger partial charge < -0.3 is 14.6 Å². The maximum Gasteiger partial charge on any atom is 0.269 e. The van der Waals surface area contributed by atoms with E-state index < -0.39 is 4.92 Å². The topological polar surface area (TPSA) is 112 Å². The third-order valence-electron chi connectivity index (χ3n) is 4.81. The summed E-state index contributed by atoms with van der Waals surface area (Å²) in [5.41, 5.74) is 2.71. The molecule has 9 nitrogen and oxygen atoms in total. The summed E-state index contributed by atoms with van der Waals surface area (Å²) < 4.78 is 7.25. The van der Waals surface area contributed by atoms with Gasteiger partial charge in [-0.15, -0.1) is 0 Å². The molecule has 0 aliphatic heterocycles. The van der Waals surface area contributed by atoms with Crippen molar-refractivity contribution in [2.75, 3.05) is 7.11 Å². The molecule has 9 heteroatoms. The van der Waals surface area contributed by atoms with E-state index in [-0.39, 0.29) is 18.1 Å². The normalized spacial score (nSPS) is 10.7. The number of non-ortho nitro benzene ring substituents is 1. The fraction of sp³-hybridized carbons (Fsp3) is 0.136. The molecule has 0 aliphatic rings. The number of amides is 1. The number of nitrogens with one attached hydrogen (secondary N) is 1. The Hall–Kier alpha value is -4.27. The second kappa shape index (κ2) is 8.62. The van der Waals surface area contributed by atoms with Crippen LogP contribution >= 0.6 is 0 Å². The van der Waals surface area contributed by atoms with Gasteiger partial charge in [0.15, 0.2) is 5.65 Å². The van der Waals surface area contributed by atoms with Crippen LogP contribution in [0.1, 0.15) is 21.7 Å². The van der Waals surface area contributed by atoms with Gasteiger partial charge >= 0.3 is 0 Å². The lowest BCUT2D eigenvalue weighted by Gasteiger charge is -2.11. The second-order valence-corrected chi connectivity index (χ2v) is 6.80. The second-order valence-electron chi connectivity index (χ2n) is 6.80. The number of aromatic nitrogens is 3. The number of methoxy groups -OCH3 is 1. The van der Waals surface area contributed by atoms with Crippen molar-refractivity contribution in [1.29, 1.82) is 0 Å². The van der Waals surface area contributed by atoms with Crippen LogP contribution in [0.4, 0.5) is 5.69 Å². The summed E-state index contributed by atoms with van der Waals surface area (Å²) in [6.45, 7) is 0.684. The molecule has 1 amide bonds. The minimum Gasteiger partial charge on any atom is -0.497 e. The molecule has 1 N–H and O–H groups in total. The number of hydrogen-bond acceptors (Lipinski definition) is 6. The summed E-state index contributed by atoms with van der Waals surface area (Å²) in [5.74, 6) is 1.05. The lowest BCUT2D eigenvalue weighted by atomic mass is 10.2. The Bertz CT molecular complexity index is 1250. The molecule has 2 aromatic carbocycles. The molecule has 2 heterocycles. The third kappa shape index (κ3) is 4.35. The molecule has 2 aromatic heterocycles. The van der Waals surface area contributed by atoms with Crippen molar-refractivity contribution in [3.63, 3.8) is 0 Å². The van der Waals surface area contributed by atoms with Gasteiger partial charge in [-0.3, -0.25) is 14.9 Å². The minimum atomic E-state index is -0.504. The molecule has 0 saturated heterocycles. The van der Waals surface area contributed by atoms with Crippen LogP contribution in [0.3, 0.4) is 0 Å². The van der Waals surface area contributed by atoms with Crippen LogP contribution in [0.25, 0.3) is 11.2 Å². The van der Waals surface area contributed by atoms with E-state index in [0.717, 1.165) is 16.8 Å². The van der Waals surface area contributed by atoms with Crippen LogP contribution in [0.2, 0.25) is 0 Å². The number of ether oxygens (including phenoxy) is 1. The van der Waals surface area contributed by atoms with Gasteiger partial charge in [0, 0.05) is 23.9 Å². The van der Waals surface area contributed by atoms with Crippen molar-refractivity contribution in [2.24, 2.45) is 0 Å². The Kier molecular flexibility index (Phi) is 5.57. The smallest absolute Gasteiger partial charge is 0.269 e. The predicted molar refractivity (Wildman–Crippen MR) is 114 cm³/mol. The maximum atomic E-state index is 12.5. The van der Waals surface area contributed by atoms with Crippen molar-refractivity contribution in [1.82, 2.24) is 19.9 Å². The van der Waals surface area contributed by atoms with E-state index in [0.29, 0.717) is 23.6 Å². The van der Waals surface area contributed by atoms with Crippen LogP contribution in [0.15, 0.2) is 66.9 Å². The zero-order chi connectivity index (χ0) is 21.8. The van der Waals surface area contributed by atoms with E-state index in [1.165, 1.54) is 24.3 Å². The van der Waals surface area contributed by atoms with E-state index in [9.17, 15) is 14.9 Å². The molecule has 31 heavy (non-hydrogen) atoms. The number of hydrogen-bond donors (Lipinski definition) is 1. The number of nitro benzene ring substituents is 1. The number of nitrogens with zero attached hydrogens (tertiary/aromatic N) is 4. The van der Waals surface area contributed by atoms with Crippen molar-refractivity contribution in [3.8, 4) is 5.75 Å². The van der Waals surface area contributed by atoms with Crippen LogP contribution in [0.5, 0.6) is 5.75 Å². The number of fused-ring (bicyclic) bond motifs is 1. The number of pyridine rings is 1. The van der Waals surface area contributed by atoms with E-state index in [1.54, 1.807) is 13.3 Å². The molecule has 0 saturated carbocycles.